The van der Waals surface area contributed by atoms with Crippen molar-refractivity contribution in [3.05, 3.63) is 23.8 Å². The van der Waals surface area contributed by atoms with E-state index in [1.54, 1.807) is 24.9 Å². The van der Waals surface area contributed by atoms with E-state index in [9.17, 15) is 14.4 Å². The van der Waals surface area contributed by atoms with Crippen molar-refractivity contribution < 1.29 is 28.6 Å². The minimum Gasteiger partial charge on any atom is -0.493 e. The number of guanidine groups is 1. The standard InChI is InChI=1S/C27H42N6O6/c1-6-37-26(36)31-25-30-21-15-20(38-14-9-22(24(35)28-5)32-12-10-29-11-13-32)8-7-19(21)16-33(25)17-23(34)39-18-27(2,3)4/h7-8,15,22,29H,6,9-14,16-18H2,1-5H3,(H,28,35)(H,30,31,36). The molecule has 1 saturated heterocycles. The predicted octanol–water partition coefficient (Wildman–Crippen LogP) is 1.61. The second kappa shape index (κ2) is 14.1. The molecule has 0 aromatic heterocycles. The summed E-state index contributed by atoms with van der Waals surface area (Å²) in [6.45, 7) is 12.1. The van der Waals surface area contributed by atoms with Gasteiger partial charge in [0.15, 0.2) is 0 Å². The molecule has 1 aromatic carbocycles. The average molecular weight is 547 g/mol. The molecule has 0 bridgehead atoms. The van der Waals surface area contributed by atoms with E-state index in [0.29, 0.717) is 31.0 Å². The molecule has 2 aliphatic rings. The van der Waals surface area contributed by atoms with Gasteiger partial charge in [0.1, 0.15) is 12.3 Å². The molecule has 216 valence electrons. The third-order valence-electron chi connectivity index (χ3n) is 6.22. The Morgan fingerprint density at radius 3 is 2.56 bits per heavy atom. The number of ether oxygens (including phenoxy) is 3. The lowest BCUT2D eigenvalue weighted by atomic mass is 9.99. The Kier molecular flexibility index (Phi) is 10.9. The van der Waals surface area contributed by atoms with Gasteiger partial charge in [0, 0.05) is 52.3 Å². The average Bonchev–Trinajstić information content (AvgIpc) is 2.90. The van der Waals surface area contributed by atoms with E-state index >= 15 is 0 Å². The second-order valence-electron chi connectivity index (χ2n) is 10.7. The number of hydrogen-bond donors (Lipinski definition) is 3. The van der Waals surface area contributed by atoms with Crippen LogP contribution >= 0.6 is 0 Å². The van der Waals surface area contributed by atoms with Gasteiger partial charge in [0.05, 0.1) is 31.5 Å². The Hall–Kier alpha value is -3.38. The predicted molar refractivity (Wildman–Crippen MR) is 147 cm³/mol. The molecule has 1 aromatic rings. The maximum Gasteiger partial charge on any atom is 0.413 e. The van der Waals surface area contributed by atoms with Crippen molar-refractivity contribution in [3.63, 3.8) is 0 Å². The molecule has 0 aliphatic carbocycles. The molecule has 2 amide bonds. The maximum absolute atomic E-state index is 12.5. The number of amides is 2. The molecule has 0 radical (unpaired) electrons. The Labute approximate surface area is 230 Å². The molecule has 3 rings (SSSR count). The first-order valence-corrected chi connectivity index (χ1v) is 13.4. The van der Waals surface area contributed by atoms with Crippen molar-refractivity contribution in [1.82, 2.24) is 25.8 Å². The number of nitrogens with one attached hydrogen (secondary N) is 3. The van der Waals surface area contributed by atoms with Gasteiger partial charge in [-0.05, 0) is 24.0 Å². The molecule has 1 unspecified atom stereocenters. The molecule has 0 saturated carbocycles. The van der Waals surface area contributed by atoms with Crippen molar-refractivity contribution in [2.45, 2.75) is 46.7 Å². The summed E-state index contributed by atoms with van der Waals surface area (Å²) in [5, 5.41) is 8.69. The highest BCUT2D eigenvalue weighted by molar-refractivity contribution is 5.97. The van der Waals surface area contributed by atoms with Gasteiger partial charge in [-0.1, -0.05) is 26.8 Å². The number of alkyl carbamates (subject to hydrolysis) is 1. The summed E-state index contributed by atoms with van der Waals surface area (Å²) in [5.74, 6) is 0.361. The number of esters is 1. The summed E-state index contributed by atoms with van der Waals surface area (Å²) < 4.78 is 16.4. The van der Waals surface area contributed by atoms with Gasteiger partial charge in [0.2, 0.25) is 11.9 Å². The van der Waals surface area contributed by atoms with Crippen LogP contribution in [-0.4, -0.2) is 99.4 Å². The van der Waals surface area contributed by atoms with Crippen molar-refractivity contribution in [1.29, 1.82) is 0 Å². The Morgan fingerprint density at radius 2 is 1.90 bits per heavy atom. The van der Waals surface area contributed by atoms with Crippen LogP contribution in [0.1, 0.15) is 39.7 Å². The van der Waals surface area contributed by atoms with Crippen LogP contribution in [0.3, 0.4) is 0 Å². The monoisotopic (exact) mass is 546 g/mol. The quantitative estimate of drug-likeness (QED) is 0.374. The number of likely N-dealkylation sites (N-methyl/N-ethyl adjacent to an activating group) is 1. The summed E-state index contributed by atoms with van der Waals surface area (Å²) in [7, 11) is 1.65. The summed E-state index contributed by atoms with van der Waals surface area (Å²) in [6.07, 6.45) is -0.117. The van der Waals surface area contributed by atoms with Crippen molar-refractivity contribution >= 4 is 29.6 Å². The number of aliphatic imine (C=N–C) groups is 1. The zero-order chi connectivity index (χ0) is 28.4. The lowest BCUT2D eigenvalue weighted by molar-refractivity contribution is -0.146. The highest BCUT2D eigenvalue weighted by Gasteiger charge is 2.27. The van der Waals surface area contributed by atoms with Gasteiger partial charge in [-0.25, -0.2) is 9.79 Å². The number of fused-ring (bicyclic) bond motifs is 1. The molecule has 39 heavy (non-hydrogen) atoms. The first-order valence-electron chi connectivity index (χ1n) is 13.4. The number of rotatable bonds is 10. The molecule has 12 heteroatoms. The van der Waals surface area contributed by atoms with Crippen LogP contribution in [0.4, 0.5) is 10.5 Å². The third kappa shape index (κ3) is 9.39. The van der Waals surface area contributed by atoms with E-state index < -0.39 is 12.1 Å². The van der Waals surface area contributed by atoms with Crippen LogP contribution in [-0.2, 0) is 25.6 Å². The fraction of sp³-hybridized carbons (Fsp3) is 0.630. The lowest BCUT2D eigenvalue weighted by Gasteiger charge is -2.33. The van der Waals surface area contributed by atoms with Crippen LogP contribution in [0.25, 0.3) is 0 Å². The first-order chi connectivity index (χ1) is 18.6. The smallest absolute Gasteiger partial charge is 0.413 e. The van der Waals surface area contributed by atoms with Crippen LogP contribution in [0.2, 0.25) is 0 Å². The van der Waals surface area contributed by atoms with Gasteiger partial charge >= 0.3 is 12.1 Å². The largest absolute Gasteiger partial charge is 0.493 e. The molecule has 2 aliphatic heterocycles. The number of nitrogens with zero attached hydrogens (tertiary/aromatic N) is 3. The van der Waals surface area contributed by atoms with Crippen LogP contribution in [0, 0.1) is 5.41 Å². The lowest BCUT2D eigenvalue weighted by Crippen LogP contribution is -2.53. The molecular weight excluding hydrogens is 504 g/mol. The maximum atomic E-state index is 12.5. The van der Waals surface area contributed by atoms with Crippen molar-refractivity contribution in [3.8, 4) is 5.75 Å². The highest BCUT2D eigenvalue weighted by atomic mass is 16.5. The zero-order valence-corrected chi connectivity index (χ0v) is 23.7. The van der Waals surface area contributed by atoms with Gasteiger partial charge in [-0.3, -0.25) is 19.8 Å². The van der Waals surface area contributed by atoms with E-state index in [1.807, 2.05) is 32.9 Å². The number of carbonyl (C=O) groups excluding carboxylic acids is 3. The van der Waals surface area contributed by atoms with Gasteiger partial charge in [-0.15, -0.1) is 0 Å². The fourth-order valence-corrected chi connectivity index (χ4v) is 4.26. The van der Waals surface area contributed by atoms with Crippen LogP contribution in [0.15, 0.2) is 23.2 Å². The number of carbonyl (C=O) groups is 3. The van der Waals surface area contributed by atoms with Crippen LogP contribution in [0.5, 0.6) is 5.75 Å². The summed E-state index contributed by atoms with van der Waals surface area (Å²) in [5.41, 5.74) is 1.32. The fourth-order valence-electron chi connectivity index (χ4n) is 4.26. The normalized spacial score (nSPS) is 16.4. The number of benzene rings is 1. The van der Waals surface area contributed by atoms with Crippen LogP contribution < -0.4 is 20.7 Å². The van der Waals surface area contributed by atoms with E-state index in [2.05, 4.69) is 25.8 Å². The Balaban J connectivity index is 1.69. The summed E-state index contributed by atoms with van der Waals surface area (Å²) in [6, 6.07) is 5.25. The van der Waals surface area contributed by atoms with Gasteiger partial charge in [0.25, 0.3) is 0 Å². The molecule has 0 spiro atoms. The molecule has 1 fully saturated rings. The van der Waals surface area contributed by atoms with E-state index in [1.165, 1.54) is 0 Å². The third-order valence-corrected chi connectivity index (χ3v) is 6.22. The van der Waals surface area contributed by atoms with Crippen molar-refractivity contribution in [2.75, 3.05) is 59.6 Å². The number of hydrogen-bond acceptors (Lipinski definition) is 10. The highest BCUT2D eigenvalue weighted by Crippen LogP contribution is 2.30. The minimum atomic E-state index is -0.659. The minimum absolute atomic E-state index is 0.0219. The summed E-state index contributed by atoms with van der Waals surface area (Å²) in [4.78, 5) is 45.6. The van der Waals surface area contributed by atoms with E-state index in [-0.39, 0.29) is 43.1 Å². The van der Waals surface area contributed by atoms with E-state index in [4.69, 9.17) is 14.2 Å². The van der Waals surface area contributed by atoms with Gasteiger partial charge in [-0.2, -0.15) is 0 Å². The molecular formula is C27H42N6O6. The molecule has 3 N–H and O–H groups in total. The first kappa shape index (κ1) is 30.2. The Morgan fingerprint density at radius 1 is 1.15 bits per heavy atom. The molecule has 2 heterocycles. The van der Waals surface area contributed by atoms with E-state index in [0.717, 1.165) is 31.7 Å². The Bertz CT molecular complexity index is 1030. The van der Waals surface area contributed by atoms with Crippen molar-refractivity contribution in [2.24, 2.45) is 10.4 Å². The SMILES string of the molecule is CCOC(=O)NC1=Nc2cc(OCCC(C(=O)NC)N3CCNCC3)ccc2CN1CC(=O)OCC(C)(C)C. The molecule has 12 nitrogen and oxygen atoms in total. The molecule has 1 atom stereocenters. The zero-order valence-electron chi connectivity index (χ0n) is 23.7. The number of piperazine rings is 1. The summed E-state index contributed by atoms with van der Waals surface area (Å²) >= 11 is 0. The van der Waals surface area contributed by atoms with Gasteiger partial charge < -0.3 is 29.7 Å². The second-order valence-corrected chi connectivity index (χ2v) is 10.7. The topological polar surface area (TPSA) is 134 Å².